The molecule has 0 aromatic carbocycles. The summed E-state index contributed by atoms with van der Waals surface area (Å²) in [6.07, 6.45) is -1.12. The van der Waals surface area contributed by atoms with E-state index in [-0.39, 0.29) is 5.56 Å². The number of halogens is 3. The van der Waals surface area contributed by atoms with Crippen LogP contribution in [0.25, 0.3) is 0 Å². The summed E-state index contributed by atoms with van der Waals surface area (Å²) in [5, 5.41) is 0. The van der Waals surface area contributed by atoms with E-state index in [2.05, 4.69) is 20.9 Å². The molecule has 1 heterocycles. The molecule has 64 valence electrons. The van der Waals surface area contributed by atoms with E-state index in [1.807, 2.05) is 0 Å². The molecule has 0 fully saturated rings. The van der Waals surface area contributed by atoms with E-state index < -0.39 is 12.1 Å². The molecule has 0 bridgehead atoms. The van der Waals surface area contributed by atoms with Crippen molar-refractivity contribution < 1.29 is 13.6 Å². The lowest BCUT2D eigenvalue weighted by molar-refractivity contribution is 0.110. The predicted molar refractivity (Wildman–Crippen MR) is 42.3 cm³/mol. The van der Waals surface area contributed by atoms with Gasteiger partial charge in [-0.3, -0.25) is 9.78 Å². The second-order valence-corrected chi connectivity index (χ2v) is 2.96. The lowest BCUT2D eigenvalue weighted by Gasteiger charge is -2.01. The molecule has 0 saturated carbocycles. The number of hydrogen-bond donors (Lipinski definition) is 0. The van der Waals surface area contributed by atoms with Gasteiger partial charge in [0, 0.05) is 16.2 Å². The number of alkyl halides is 2. The van der Waals surface area contributed by atoms with E-state index in [1.165, 1.54) is 12.3 Å². The molecule has 5 heteroatoms. The average Bonchev–Trinajstić information content (AvgIpc) is 2.03. The van der Waals surface area contributed by atoms with Gasteiger partial charge in [0.05, 0.1) is 0 Å². The smallest absolute Gasteiger partial charge is 0.281 e. The molecule has 0 saturated heterocycles. The first-order valence-corrected chi connectivity index (χ1v) is 3.83. The van der Waals surface area contributed by atoms with Gasteiger partial charge in [0.25, 0.3) is 6.43 Å². The topological polar surface area (TPSA) is 30.0 Å². The van der Waals surface area contributed by atoms with Gasteiger partial charge in [-0.05, 0) is 22.0 Å². The lowest BCUT2D eigenvalue weighted by Crippen LogP contribution is -1.96. The highest BCUT2D eigenvalue weighted by Gasteiger charge is 2.13. The highest BCUT2D eigenvalue weighted by atomic mass is 79.9. The minimum atomic E-state index is -2.71. The minimum Gasteiger partial charge on any atom is -0.298 e. The summed E-state index contributed by atoms with van der Waals surface area (Å²) < 4.78 is 24.7. The van der Waals surface area contributed by atoms with Gasteiger partial charge < -0.3 is 0 Å². The Labute approximate surface area is 75.7 Å². The summed E-state index contributed by atoms with van der Waals surface area (Å²) in [7, 11) is 0. The number of carbonyl (C=O) groups excluding carboxylic acids is 1. The van der Waals surface area contributed by atoms with E-state index in [0.29, 0.717) is 10.8 Å². The zero-order valence-corrected chi connectivity index (χ0v) is 7.38. The maximum Gasteiger partial charge on any atom is 0.281 e. The van der Waals surface area contributed by atoms with Gasteiger partial charge in [-0.15, -0.1) is 0 Å². The zero-order chi connectivity index (χ0) is 9.14. The Bertz CT molecular complexity index is 303. The molecule has 0 N–H and O–H groups in total. The summed E-state index contributed by atoms with van der Waals surface area (Å²) in [6, 6.07) is 1.31. The summed E-state index contributed by atoms with van der Waals surface area (Å²) in [6.45, 7) is 0. The zero-order valence-electron chi connectivity index (χ0n) is 5.80. The third-order valence-electron chi connectivity index (χ3n) is 1.25. The number of nitrogens with zero attached hydrogens (tertiary/aromatic N) is 1. The number of hydrogen-bond acceptors (Lipinski definition) is 2. The van der Waals surface area contributed by atoms with Crippen LogP contribution >= 0.6 is 15.9 Å². The summed E-state index contributed by atoms with van der Waals surface area (Å²) in [4.78, 5) is 13.7. The van der Waals surface area contributed by atoms with Crippen LogP contribution in [0.4, 0.5) is 8.78 Å². The normalized spacial score (nSPS) is 10.3. The molecule has 0 atom stereocenters. The summed E-state index contributed by atoms with van der Waals surface area (Å²) >= 11 is 3.02. The van der Waals surface area contributed by atoms with Crippen molar-refractivity contribution in [3.8, 4) is 0 Å². The van der Waals surface area contributed by atoms with Crippen molar-refractivity contribution >= 4 is 22.2 Å². The van der Waals surface area contributed by atoms with Gasteiger partial charge in [0.2, 0.25) is 0 Å². The molecule has 0 amide bonds. The fourth-order valence-corrected chi connectivity index (χ4v) is 1.09. The van der Waals surface area contributed by atoms with Crippen molar-refractivity contribution in [1.82, 2.24) is 4.98 Å². The molecule has 0 unspecified atom stereocenters. The van der Waals surface area contributed by atoms with Gasteiger partial charge in [-0.1, -0.05) is 0 Å². The minimum absolute atomic E-state index is 0.0839. The molecule has 0 radical (unpaired) electrons. The molecular formula is C7H4BrF2NO. The number of aldehydes is 1. The van der Waals surface area contributed by atoms with Crippen LogP contribution in [-0.4, -0.2) is 11.3 Å². The molecule has 1 rings (SSSR count). The molecule has 2 nitrogen and oxygen atoms in total. The van der Waals surface area contributed by atoms with Crippen LogP contribution in [0, 0.1) is 0 Å². The summed E-state index contributed by atoms with van der Waals surface area (Å²) in [5.74, 6) is 0. The SMILES string of the molecule is O=Cc1cc(Br)cnc1C(F)F. The summed E-state index contributed by atoms with van der Waals surface area (Å²) in [5.41, 5.74) is -0.562. The number of pyridine rings is 1. The highest BCUT2D eigenvalue weighted by Crippen LogP contribution is 2.21. The first-order valence-electron chi connectivity index (χ1n) is 3.04. The van der Waals surface area contributed by atoms with Crippen LogP contribution in [0.3, 0.4) is 0 Å². The average molecular weight is 236 g/mol. The molecule has 0 aliphatic rings. The second kappa shape index (κ2) is 3.71. The first-order chi connectivity index (χ1) is 5.65. The van der Waals surface area contributed by atoms with Gasteiger partial charge in [0.15, 0.2) is 6.29 Å². The van der Waals surface area contributed by atoms with E-state index in [9.17, 15) is 13.6 Å². The Morgan fingerprint density at radius 3 is 2.75 bits per heavy atom. The van der Waals surface area contributed by atoms with Gasteiger partial charge in [0.1, 0.15) is 5.69 Å². The number of aromatic nitrogens is 1. The molecule has 0 aliphatic heterocycles. The Balaban J connectivity index is 3.20. The second-order valence-electron chi connectivity index (χ2n) is 2.05. The van der Waals surface area contributed by atoms with Crippen molar-refractivity contribution in [1.29, 1.82) is 0 Å². The standard InChI is InChI=1S/C7H4BrF2NO/c8-5-1-4(3-12)6(7(9)10)11-2-5/h1-3,7H. The molecular weight excluding hydrogens is 232 g/mol. The number of rotatable bonds is 2. The van der Waals surface area contributed by atoms with E-state index in [1.54, 1.807) is 0 Å². The Morgan fingerprint density at radius 2 is 2.25 bits per heavy atom. The van der Waals surface area contributed by atoms with Gasteiger partial charge in [-0.25, -0.2) is 8.78 Å². The van der Waals surface area contributed by atoms with E-state index in [4.69, 9.17) is 0 Å². The van der Waals surface area contributed by atoms with E-state index >= 15 is 0 Å². The molecule has 1 aromatic rings. The highest BCUT2D eigenvalue weighted by molar-refractivity contribution is 9.10. The Kier molecular flexibility index (Phi) is 2.86. The van der Waals surface area contributed by atoms with Crippen molar-refractivity contribution in [3.05, 3.63) is 28.0 Å². The van der Waals surface area contributed by atoms with Crippen LogP contribution < -0.4 is 0 Å². The van der Waals surface area contributed by atoms with Crippen LogP contribution in [0.15, 0.2) is 16.7 Å². The van der Waals surface area contributed by atoms with Crippen LogP contribution in [-0.2, 0) is 0 Å². The third kappa shape index (κ3) is 1.85. The maximum atomic E-state index is 12.1. The maximum absolute atomic E-state index is 12.1. The first kappa shape index (κ1) is 9.25. The molecule has 0 spiro atoms. The van der Waals surface area contributed by atoms with Crippen molar-refractivity contribution in [2.75, 3.05) is 0 Å². The van der Waals surface area contributed by atoms with Crippen LogP contribution in [0.1, 0.15) is 22.5 Å². The van der Waals surface area contributed by atoms with Gasteiger partial charge in [-0.2, -0.15) is 0 Å². The fraction of sp³-hybridized carbons (Fsp3) is 0.143. The van der Waals surface area contributed by atoms with Crippen molar-refractivity contribution in [3.63, 3.8) is 0 Å². The van der Waals surface area contributed by atoms with Crippen LogP contribution in [0.2, 0.25) is 0 Å². The quantitative estimate of drug-likeness (QED) is 0.738. The molecule has 12 heavy (non-hydrogen) atoms. The fourth-order valence-electron chi connectivity index (χ4n) is 0.742. The number of carbonyl (C=O) groups is 1. The van der Waals surface area contributed by atoms with Crippen molar-refractivity contribution in [2.24, 2.45) is 0 Å². The van der Waals surface area contributed by atoms with Gasteiger partial charge >= 0.3 is 0 Å². The lowest BCUT2D eigenvalue weighted by atomic mass is 10.2. The van der Waals surface area contributed by atoms with E-state index in [0.717, 1.165) is 0 Å². The van der Waals surface area contributed by atoms with Crippen LogP contribution in [0.5, 0.6) is 0 Å². The van der Waals surface area contributed by atoms with Crippen molar-refractivity contribution in [2.45, 2.75) is 6.43 Å². The third-order valence-corrected chi connectivity index (χ3v) is 1.68. The molecule has 0 aliphatic carbocycles. The largest absolute Gasteiger partial charge is 0.298 e. The monoisotopic (exact) mass is 235 g/mol. The molecule has 1 aromatic heterocycles. The Morgan fingerprint density at radius 1 is 1.58 bits per heavy atom. The predicted octanol–water partition coefficient (Wildman–Crippen LogP) is 2.59. The Hall–Kier alpha value is -0.840.